The van der Waals surface area contributed by atoms with Crippen molar-refractivity contribution in [2.45, 2.75) is 13.0 Å². The molecule has 1 N–H and O–H groups in total. The quantitative estimate of drug-likeness (QED) is 0.452. The fraction of sp³-hybridized carbons (Fsp3) is 0.444. The minimum atomic E-state index is 0. The van der Waals surface area contributed by atoms with Crippen LogP contribution in [-0.4, -0.2) is 49.7 Å². The number of benzene rings is 1. The summed E-state index contributed by atoms with van der Waals surface area (Å²) in [6, 6.07) is 10.4. The molecule has 1 saturated heterocycles. The maximum Gasteiger partial charge on any atom is 0.193 e. The van der Waals surface area contributed by atoms with Crippen LogP contribution in [0.5, 0.6) is 0 Å². The Labute approximate surface area is 160 Å². The number of halogens is 1. The highest BCUT2D eigenvalue weighted by atomic mass is 127. The first-order valence-electron chi connectivity index (χ1n) is 8.09. The number of hydrogen-bond acceptors (Lipinski definition) is 3. The van der Waals surface area contributed by atoms with Gasteiger partial charge >= 0.3 is 0 Å². The average Bonchev–Trinajstić information content (AvgIpc) is 3.04. The summed E-state index contributed by atoms with van der Waals surface area (Å²) >= 11 is 0. The summed E-state index contributed by atoms with van der Waals surface area (Å²) in [7, 11) is 3.60. The molecule has 0 saturated carbocycles. The monoisotopic (exact) mass is 440 g/mol. The zero-order valence-corrected chi connectivity index (χ0v) is 16.6. The predicted molar refractivity (Wildman–Crippen MR) is 109 cm³/mol. The van der Waals surface area contributed by atoms with Gasteiger partial charge in [0.15, 0.2) is 5.96 Å². The Hall–Kier alpha value is -1.41. The third-order valence-corrected chi connectivity index (χ3v) is 4.37. The van der Waals surface area contributed by atoms with Crippen LogP contribution in [0.4, 0.5) is 0 Å². The van der Waals surface area contributed by atoms with E-state index in [1.807, 2.05) is 19.3 Å². The van der Waals surface area contributed by atoms with Crippen molar-refractivity contribution in [3.8, 4) is 0 Å². The molecule has 6 heteroatoms. The van der Waals surface area contributed by atoms with Crippen LogP contribution < -0.4 is 5.32 Å². The van der Waals surface area contributed by atoms with E-state index in [4.69, 9.17) is 4.74 Å². The lowest BCUT2D eigenvalue weighted by molar-refractivity contribution is 0.157. The highest BCUT2D eigenvalue weighted by molar-refractivity contribution is 14.0. The molecule has 2 heterocycles. The Balaban J connectivity index is 0.00000208. The fourth-order valence-corrected chi connectivity index (χ4v) is 3.21. The van der Waals surface area contributed by atoms with E-state index in [-0.39, 0.29) is 24.0 Å². The average molecular weight is 440 g/mol. The van der Waals surface area contributed by atoms with Crippen molar-refractivity contribution >= 4 is 40.7 Å². The van der Waals surface area contributed by atoms with E-state index in [1.54, 1.807) is 7.11 Å². The summed E-state index contributed by atoms with van der Waals surface area (Å²) in [4.78, 5) is 11.3. The lowest BCUT2D eigenvalue weighted by Crippen LogP contribution is -2.40. The summed E-state index contributed by atoms with van der Waals surface area (Å²) in [5.74, 6) is 1.53. The molecule has 24 heavy (non-hydrogen) atoms. The van der Waals surface area contributed by atoms with Gasteiger partial charge < -0.3 is 15.0 Å². The van der Waals surface area contributed by atoms with Crippen LogP contribution in [0.1, 0.15) is 12.1 Å². The van der Waals surface area contributed by atoms with Gasteiger partial charge in [-0.15, -0.1) is 24.0 Å². The van der Waals surface area contributed by atoms with Crippen LogP contribution in [0, 0.1) is 5.92 Å². The van der Waals surface area contributed by atoms with E-state index in [0.29, 0.717) is 12.5 Å². The number of aliphatic imine (C=N–C) groups is 1. The first-order chi connectivity index (χ1) is 11.3. The molecule has 0 amide bonds. The minimum absolute atomic E-state index is 0. The van der Waals surface area contributed by atoms with Crippen LogP contribution in [0.25, 0.3) is 10.8 Å². The van der Waals surface area contributed by atoms with Gasteiger partial charge in [0, 0.05) is 44.7 Å². The van der Waals surface area contributed by atoms with E-state index >= 15 is 0 Å². The Bertz CT molecular complexity index is 686. The van der Waals surface area contributed by atoms with E-state index in [1.165, 1.54) is 10.8 Å². The maximum atomic E-state index is 5.27. The van der Waals surface area contributed by atoms with Gasteiger partial charge in [0.1, 0.15) is 0 Å². The number of nitrogens with one attached hydrogen (secondary N) is 1. The lowest BCUT2D eigenvalue weighted by Gasteiger charge is -2.21. The molecule has 5 nitrogen and oxygen atoms in total. The molecule has 0 radical (unpaired) electrons. The number of fused-ring (bicyclic) bond motifs is 1. The van der Waals surface area contributed by atoms with E-state index in [0.717, 1.165) is 37.8 Å². The van der Waals surface area contributed by atoms with Gasteiger partial charge in [-0.2, -0.15) is 0 Å². The Morgan fingerprint density at radius 2 is 2.21 bits per heavy atom. The van der Waals surface area contributed by atoms with E-state index < -0.39 is 0 Å². The van der Waals surface area contributed by atoms with Crippen molar-refractivity contribution in [2.75, 3.05) is 33.9 Å². The standard InChI is InChI=1S/C18H24N4O.HI/c1-19-18(22-10-8-14(12-22)13-23-2)21-11-17-16-6-4-3-5-15(16)7-9-20-17;/h3-7,9,14H,8,10-13H2,1-2H3,(H,19,21);1H. The van der Waals surface area contributed by atoms with Gasteiger partial charge in [-0.1, -0.05) is 24.3 Å². The summed E-state index contributed by atoms with van der Waals surface area (Å²) in [5, 5.41) is 5.86. The summed E-state index contributed by atoms with van der Waals surface area (Å²) in [5.41, 5.74) is 1.05. The van der Waals surface area contributed by atoms with Crippen LogP contribution >= 0.6 is 24.0 Å². The molecule has 1 aromatic carbocycles. The Morgan fingerprint density at radius 1 is 1.38 bits per heavy atom. The van der Waals surface area contributed by atoms with Crippen molar-refractivity contribution in [3.63, 3.8) is 0 Å². The molecule has 2 aromatic rings. The number of hydrogen-bond donors (Lipinski definition) is 1. The van der Waals surface area contributed by atoms with Gasteiger partial charge in [-0.3, -0.25) is 9.98 Å². The van der Waals surface area contributed by atoms with Gasteiger partial charge in [0.05, 0.1) is 18.8 Å². The molecular weight excluding hydrogens is 415 g/mol. The highest BCUT2D eigenvalue weighted by Gasteiger charge is 2.24. The molecule has 0 bridgehead atoms. The number of nitrogens with zero attached hydrogens (tertiary/aromatic N) is 3. The van der Waals surface area contributed by atoms with Gasteiger partial charge in [0.2, 0.25) is 0 Å². The number of aromatic nitrogens is 1. The lowest BCUT2D eigenvalue weighted by atomic mass is 10.1. The second kappa shape index (κ2) is 9.17. The molecule has 1 fully saturated rings. The molecule has 1 aliphatic heterocycles. The van der Waals surface area contributed by atoms with Crippen molar-refractivity contribution in [2.24, 2.45) is 10.9 Å². The van der Waals surface area contributed by atoms with E-state index in [9.17, 15) is 0 Å². The predicted octanol–water partition coefficient (Wildman–Crippen LogP) is 2.90. The van der Waals surface area contributed by atoms with Crippen LogP contribution in [0.2, 0.25) is 0 Å². The van der Waals surface area contributed by atoms with Gasteiger partial charge in [-0.25, -0.2) is 0 Å². The summed E-state index contributed by atoms with van der Waals surface area (Å²) < 4.78 is 5.27. The number of pyridine rings is 1. The third kappa shape index (κ3) is 4.36. The van der Waals surface area contributed by atoms with Crippen LogP contribution in [0.3, 0.4) is 0 Å². The molecule has 1 unspecified atom stereocenters. The minimum Gasteiger partial charge on any atom is -0.384 e. The molecule has 0 aliphatic carbocycles. The summed E-state index contributed by atoms with van der Waals surface area (Å²) in [6.07, 6.45) is 3.02. The van der Waals surface area contributed by atoms with Crippen LogP contribution in [0.15, 0.2) is 41.5 Å². The largest absolute Gasteiger partial charge is 0.384 e. The highest BCUT2D eigenvalue weighted by Crippen LogP contribution is 2.18. The van der Waals surface area contributed by atoms with Crippen molar-refractivity contribution in [1.29, 1.82) is 0 Å². The first kappa shape index (κ1) is 18.9. The zero-order valence-electron chi connectivity index (χ0n) is 14.2. The molecule has 1 aliphatic rings. The Morgan fingerprint density at radius 3 is 3.00 bits per heavy atom. The molecule has 0 spiro atoms. The van der Waals surface area contributed by atoms with Gasteiger partial charge in [-0.05, 0) is 17.9 Å². The topological polar surface area (TPSA) is 49.8 Å². The van der Waals surface area contributed by atoms with Crippen molar-refractivity contribution in [1.82, 2.24) is 15.2 Å². The maximum absolute atomic E-state index is 5.27. The molecule has 130 valence electrons. The fourth-order valence-electron chi connectivity index (χ4n) is 3.21. The number of methoxy groups -OCH3 is 1. The SMILES string of the molecule is CN=C(NCc1nccc2ccccc12)N1CCC(COC)C1.I. The van der Waals surface area contributed by atoms with Gasteiger partial charge in [0.25, 0.3) is 0 Å². The first-order valence-corrected chi connectivity index (χ1v) is 8.09. The van der Waals surface area contributed by atoms with Crippen LogP contribution in [-0.2, 0) is 11.3 Å². The smallest absolute Gasteiger partial charge is 0.193 e. The van der Waals surface area contributed by atoms with E-state index in [2.05, 4.69) is 44.5 Å². The number of rotatable bonds is 4. The Kier molecular flexibility index (Phi) is 7.23. The molecule has 3 rings (SSSR count). The molecule has 1 aromatic heterocycles. The molecule has 1 atom stereocenters. The van der Waals surface area contributed by atoms with Crippen molar-refractivity contribution in [3.05, 3.63) is 42.2 Å². The summed E-state index contributed by atoms with van der Waals surface area (Å²) in [6.45, 7) is 3.52. The van der Waals surface area contributed by atoms with Crippen molar-refractivity contribution < 1.29 is 4.74 Å². The second-order valence-electron chi connectivity index (χ2n) is 5.94. The number of likely N-dealkylation sites (tertiary alicyclic amines) is 1. The third-order valence-electron chi connectivity index (χ3n) is 4.37. The number of ether oxygens (including phenoxy) is 1. The second-order valence-corrected chi connectivity index (χ2v) is 5.94. The molecular formula is C18H25IN4O. The zero-order chi connectivity index (χ0) is 16.1. The number of guanidine groups is 1. The normalized spacial score (nSPS) is 17.8.